The minimum atomic E-state index is -4.49. The highest BCUT2D eigenvalue weighted by atomic mass is 19.4. The fraction of sp³-hybridized carbons (Fsp3) is 0.429. The second-order valence-corrected chi connectivity index (χ2v) is 7.02. The summed E-state index contributed by atoms with van der Waals surface area (Å²) in [6.07, 6.45) is -3.70. The number of rotatable bonds is 6. The molecule has 0 saturated carbocycles. The summed E-state index contributed by atoms with van der Waals surface area (Å²) >= 11 is 0. The lowest BCUT2D eigenvalue weighted by atomic mass is 9.86. The molecule has 3 rings (SSSR count). The van der Waals surface area contributed by atoms with Crippen LogP contribution in [0, 0.1) is 17.6 Å². The molecule has 1 aliphatic heterocycles. The van der Waals surface area contributed by atoms with E-state index >= 15 is 0 Å². The number of ether oxygens (including phenoxy) is 2. The van der Waals surface area contributed by atoms with Crippen molar-refractivity contribution >= 4 is 12.1 Å². The molecule has 0 spiro atoms. The van der Waals surface area contributed by atoms with Crippen LogP contribution in [0.5, 0.6) is 5.75 Å². The molecule has 11 heteroatoms. The Hall–Kier alpha value is -2.79. The van der Waals surface area contributed by atoms with Crippen molar-refractivity contribution in [3.05, 3.63) is 53.4 Å². The van der Waals surface area contributed by atoms with E-state index in [-0.39, 0.29) is 24.5 Å². The summed E-state index contributed by atoms with van der Waals surface area (Å²) in [6.45, 7) is 1.25. The fourth-order valence-corrected chi connectivity index (χ4v) is 3.37. The number of aliphatic hydroxyl groups excluding tert-OH is 1. The molecule has 176 valence electrons. The molecular weight excluding hydrogens is 439 g/mol. The molecule has 3 unspecified atom stereocenters. The predicted molar refractivity (Wildman–Crippen MR) is 105 cm³/mol. The Balaban J connectivity index is 0.000000258. The number of amides is 1. The van der Waals surface area contributed by atoms with Crippen LogP contribution < -0.4 is 10.1 Å². The second kappa shape index (κ2) is 11.2. The zero-order valence-electron chi connectivity index (χ0n) is 17.3. The average Bonchev–Trinajstić information content (AvgIpc) is 3.14. The first kappa shape index (κ1) is 25.5. The number of nitrogens with zero attached hydrogens (tertiary/aromatic N) is 1. The van der Waals surface area contributed by atoms with Gasteiger partial charge in [-0.1, -0.05) is 13.0 Å². The van der Waals surface area contributed by atoms with Crippen molar-refractivity contribution in [2.24, 2.45) is 5.92 Å². The van der Waals surface area contributed by atoms with Crippen molar-refractivity contribution in [1.29, 1.82) is 0 Å². The van der Waals surface area contributed by atoms with E-state index in [0.717, 1.165) is 18.9 Å². The normalized spacial score (nSPS) is 20.3. The predicted octanol–water partition coefficient (Wildman–Crippen LogP) is 3.84. The van der Waals surface area contributed by atoms with E-state index in [1.165, 1.54) is 13.0 Å². The third-order valence-electron chi connectivity index (χ3n) is 4.99. The Morgan fingerprint density at radius 1 is 1.28 bits per heavy atom. The highest BCUT2D eigenvalue weighted by molar-refractivity contribution is 5.70. The van der Waals surface area contributed by atoms with Gasteiger partial charge in [0.2, 0.25) is 12.2 Å². The molecule has 0 aliphatic carbocycles. The maximum absolute atomic E-state index is 13.6. The summed E-state index contributed by atoms with van der Waals surface area (Å²) in [7, 11) is 1.14. The van der Waals surface area contributed by atoms with E-state index in [2.05, 4.69) is 10.3 Å². The van der Waals surface area contributed by atoms with E-state index in [4.69, 9.17) is 14.6 Å². The summed E-state index contributed by atoms with van der Waals surface area (Å²) in [4.78, 5) is 14.0. The lowest BCUT2D eigenvalue weighted by Crippen LogP contribution is -2.33. The van der Waals surface area contributed by atoms with E-state index in [0.29, 0.717) is 18.5 Å². The largest absolute Gasteiger partial charge is 0.493 e. The molecule has 0 bridgehead atoms. The summed E-state index contributed by atoms with van der Waals surface area (Å²) in [5.41, 5.74) is 1.66. The Labute approximate surface area is 181 Å². The molecule has 6 nitrogen and oxygen atoms in total. The molecule has 3 atom stereocenters. The van der Waals surface area contributed by atoms with Crippen molar-refractivity contribution in [1.82, 2.24) is 4.98 Å². The first-order valence-electron chi connectivity index (χ1n) is 9.60. The van der Waals surface area contributed by atoms with E-state index < -0.39 is 35.8 Å². The van der Waals surface area contributed by atoms with Gasteiger partial charge in [0.1, 0.15) is 0 Å². The highest BCUT2D eigenvalue weighted by Gasteiger charge is 2.51. The molecule has 1 aromatic heterocycles. The first-order chi connectivity index (χ1) is 15.1. The van der Waals surface area contributed by atoms with Crippen LogP contribution in [0.2, 0.25) is 0 Å². The van der Waals surface area contributed by atoms with E-state index in [1.54, 1.807) is 18.3 Å². The number of carbonyl (C=O) groups excluding carboxylic acids is 1. The first-order valence-corrected chi connectivity index (χ1v) is 9.60. The van der Waals surface area contributed by atoms with Crippen LogP contribution in [0.25, 0.3) is 0 Å². The van der Waals surface area contributed by atoms with Crippen LogP contribution in [0.1, 0.15) is 24.1 Å². The molecule has 1 fully saturated rings. The molecule has 1 amide bonds. The van der Waals surface area contributed by atoms with Crippen LogP contribution in [-0.2, 0) is 16.0 Å². The topological polar surface area (TPSA) is 80.7 Å². The number of benzene rings is 1. The van der Waals surface area contributed by atoms with Gasteiger partial charge in [0, 0.05) is 36.1 Å². The minimum Gasteiger partial charge on any atom is -0.493 e. The number of carbonyl (C=O) groups is 1. The zero-order valence-corrected chi connectivity index (χ0v) is 17.3. The lowest BCUT2D eigenvalue weighted by Gasteiger charge is -2.22. The molecule has 1 aromatic carbocycles. The highest BCUT2D eigenvalue weighted by Crippen LogP contribution is 2.45. The number of nitrogens with one attached hydrogen (secondary N) is 1. The molecular formula is C21H23F5N2O4. The molecule has 2 heterocycles. The Bertz CT molecular complexity index is 893. The van der Waals surface area contributed by atoms with Gasteiger partial charge >= 0.3 is 6.18 Å². The molecule has 32 heavy (non-hydrogen) atoms. The summed E-state index contributed by atoms with van der Waals surface area (Å²) < 4.78 is 74.5. The van der Waals surface area contributed by atoms with Gasteiger partial charge in [-0.25, -0.2) is 4.39 Å². The van der Waals surface area contributed by atoms with Gasteiger partial charge in [0.15, 0.2) is 17.7 Å². The fourth-order valence-electron chi connectivity index (χ4n) is 3.37. The van der Waals surface area contributed by atoms with Crippen LogP contribution in [-0.4, -0.2) is 49.1 Å². The van der Waals surface area contributed by atoms with Gasteiger partial charge in [-0.15, -0.1) is 0 Å². The molecule has 2 N–H and O–H groups in total. The number of anilines is 1. The summed E-state index contributed by atoms with van der Waals surface area (Å²) in [5.74, 6) is -4.29. The molecule has 2 aromatic rings. The van der Waals surface area contributed by atoms with Crippen molar-refractivity contribution < 1.29 is 41.3 Å². The lowest BCUT2D eigenvalue weighted by molar-refractivity contribution is -0.215. The number of alkyl halides is 3. The Morgan fingerprint density at radius 2 is 2.00 bits per heavy atom. The number of aliphatic hydroxyl groups is 1. The van der Waals surface area contributed by atoms with Gasteiger partial charge in [-0.05, 0) is 18.2 Å². The van der Waals surface area contributed by atoms with E-state index in [1.807, 2.05) is 0 Å². The third-order valence-corrected chi connectivity index (χ3v) is 4.99. The van der Waals surface area contributed by atoms with Crippen molar-refractivity contribution in [3.8, 4) is 5.75 Å². The smallest absolute Gasteiger partial charge is 0.414 e. The maximum atomic E-state index is 13.6. The van der Waals surface area contributed by atoms with Crippen LogP contribution in [0.4, 0.5) is 27.6 Å². The van der Waals surface area contributed by atoms with Crippen molar-refractivity contribution in [2.75, 3.05) is 25.6 Å². The Morgan fingerprint density at radius 3 is 2.50 bits per heavy atom. The SMILES string of the molecule is COc1c(C2COC(C(F)(F)F)C2C)ccc(F)c1F.O=CNc1ccc(CCO)nc1. The van der Waals surface area contributed by atoms with Gasteiger partial charge in [0.25, 0.3) is 0 Å². The van der Waals surface area contributed by atoms with Crippen LogP contribution >= 0.6 is 0 Å². The number of pyridine rings is 1. The number of hydrogen-bond donors (Lipinski definition) is 2. The summed E-state index contributed by atoms with van der Waals surface area (Å²) in [5, 5.41) is 11.1. The van der Waals surface area contributed by atoms with Crippen LogP contribution in [0.3, 0.4) is 0 Å². The second-order valence-electron chi connectivity index (χ2n) is 7.02. The van der Waals surface area contributed by atoms with Gasteiger partial charge < -0.3 is 19.9 Å². The van der Waals surface area contributed by atoms with E-state index in [9.17, 15) is 26.7 Å². The van der Waals surface area contributed by atoms with Gasteiger partial charge in [0.05, 0.1) is 25.6 Å². The third kappa shape index (κ3) is 6.13. The zero-order chi connectivity index (χ0) is 23.9. The quantitative estimate of drug-likeness (QED) is 0.504. The van der Waals surface area contributed by atoms with Crippen LogP contribution in [0.15, 0.2) is 30.5 Å². The standard InChI is InChI=1S/C13H13F5O2.C8H10N2O2/c1-6-8(5-20-12(6)13(16,17)18)7-3-4-9(14)10(15)11(7)19-2;11-4-3-7-1-2-8(5-9-7)10-6-12/h3-4,6,8,12H,5H2,1-2H3;1-2,5-6,11H,3-4H2,(H,10,12). The molecule has 1 aliphatic rings. The Kier molecular flexibility index (Phi) is 8.90. The van der Waals surface area contributed by atoms with Crippen molar-refractivity contribution in [2.45, 2.75) is 31.5 Å². The van der Waals surface area contributed by atoms with Gasteiger partial charge in [-0.3, -0.25) is 9.78 Å². The number of halogens is 5. The monoisotopic (exact) mass is 462 g/mol. The number of aromatic nitrogens is 1. The number of methoxy groups -OCH3 is 1. The van der Waals surface area contributed by atoms with Crippen molar-refractivity contribution in [3.63, 3.8) is 0 Å². The van der Waals surface area contributed by atoms with Gasteiger partial charge in [-0.2, -0.15) is 17.6 Å². The average molecular weight is 462 g/mol. The number of hydrogen-bond acceptors (Lipinski definition) is 5. The molecule has 1 saturated heterocycles. The maximum Gasteiger partial charge on any atom is 0.414 e. The minimum absolute atomic E-state index is 0.0907. The summed E-state index contributed by atoms with van der Waals surface area (Å²) in [6, 6.07) is 5.62. The molecule has 0 radical (unpaired) electrons.